The number of carbonyl (C=O) groups excluding carboxylic acids is 3. The predicted octanol–water partition coefficient (Wildman–Crippen LogP) is 8.52. The fourth-order valence-electron chi connectivity index (χ4n) is 16.5. The minimum Gasteiger partial charge on any atom is -0.481 e. The summed E-state index contributed by atoms with van der Waals surface area (Å²) in [4.78, 5) is 55.7. The van der Waals surface area contributed by atoms with Gasteiger partial charge in [0, 0.05) is 54.3 Å². The lowest BCUT2D eigenvalue weighted by Gasteiger charge is -2.72. The van der Waals surface area contributed by atoms with Gasteiger partial charge in [0.2, 0.25) is 11.8 Å². The van der Waals surface area contributed by atoms with Crippen LogP contribution in [0.15, 0.2) is 12.2 Å². The van der Waals surface area contributed by atoms with Gasteiger partial charge in [0.1, 0.15) is 18.3 Å². The monoisotopic (exact) mass is 998 g/mol. The van der Waals surface area contributed by atoms with E-state index in [1.807, 2.05) is 6.04 Å². The summed E-state index contributed by atoms with van der Waals surface area (Å²) in [5.74, 6) is 1.23. The van der Waals surface area contributed by atoms with Crippen LogP contribution >= 0.6 is 0 Å². The standard InChI is InChI=1S/C48H76N2O6.C8H15NO5.8H2/c1-29(2)30-17-22-48(40(53)49-35-27-33(43(35,5)6)39(52)50-25-13-12-14-26-50)24-23-46(10)32-15-16-34-44(7,8)36(56-37(51)28-42(3,4)41(54)55)19-20-45(34,9)31(32)18-21-47(46,11)38(30)48;1-2-9-4-6(11)8(14)5(10)3-7(12)13;;;;;;;;/h30-36,38H,1,12-28H2,2-11H3,(H,49,53)(H,54,55);1,5-14H,3-4H2;8*1H/t30-,31-,32?,33+,34-,35?,36-,38?,45+,46-,47+,48-;5-,6-,8-;;;;;;;;/m01......../s1. The molecule has 7 fully saturated rings. The van der Waals surface area contributed by atoms with Crippen molar-refractivity contribution >= 4 is 23.8 Å². The van der Waals surface area contributed by atoms with E-state index >= 15 is 4.79 Å². The van der Waals surface area contributed by atoms with E-state index in [4.69, 9.17) is 26.5 Å². The van der Waals surface area contributed by atoms with E-state index in [9.17, 15) is 29.7 Å². The van der Waals surface area contributed by atoms with Gasteiger partial charge in [-0.2, -0.15) is 0 Å². The first kappa shape index (κ1) is 56.1. The molecule has 0 aromatic carbocycles. The second-order valence-electron chi connectivity index (χ2n) is 25.9. The zero-order chi connectivity index (χ0) is 52.2. The van der Waals surface area contributed by atoms with Crippen molar-refractivity contribution in [2.75, 3.05) is 19.6 Å². The largest absolute Gasteiger partial charge is 0.481 e. The SMILES string of the molecule is C#CNC[C@@H](O)[C@H](O)[C@H](O)CC(O)O.C=C(C)[C@@H]1CC[C@]2(C(=O)NC3C[C@H](C(=O)N4CCCCC4)C3(C)C)CC[C@@]3(C)C4CC[C@H]5C(C)(C)[C@@H](OC(=O)CC(C)(C)C(=O)O)CC[C@]5(C)[C@H]4CC[C@]3(C)C12.[HH].[HH].[HH].[HH].[HH].[HH].[HH].[HH]. The maximum Gasteiger partial charge on any atom is 0.309 e. The third kappa shape index (κ3) is 9.95. The number of hydrogen-bond donors (Lipinski definition) is 8. The van der Waals surface area contributed by atoms with Crippen molar-refractivity contribution in [3.63, 3.8) is 0 Å². The fraction of sp³-hybridized carbons (Fsp3) is 0.857. The summed E-state index contributed by atoms with van der Waals surface area (Å²) in [5.41, 5.74) is -0.616. The van der Waals surface area contributed by atoms with E-state index in [1.54, 1.807) is 13.8 Å². The van der Waals surface area contributed by atoms with Crippen molar-refractivity contribution in [2.24, 2.45) is 73.4 Å². The first-order valence-corrected chi connectivity index (χ1v) is 26.7. The Morgan fingerprint density at radius 3 is 2.07 bits per heavy atom. The highest BCUT2D eigenvalue weighted by molar-refractivity contribution is 5.86. The molecule has 0 spiro atoms. The van der Waals surface area contributed by atoms with Gasteiger partial charge < -0.3 is 50.9 Å². The van der Waals surface area contributed by atoms with E-state index in [0.29, 0.717) is 29.6 Å². The van der Waals surface area contributed by atoms with Gasteiger partial charge in [-0.1, -0.05) is 67.0 Å². The quantitative estimate of drug-likeness (QED) is 0.0270. The number of fused-ring (bicyclic) bond motifs is 7. The maximum atomic E-state index is 15.1. The van der Waals surface area contributed by atoms with Crippen LogP contribution in [0.4, 0.5) is 0 Å². The third-order valence-electron chi connectivity index (χ3n) is 21.1. The third-order valence-corrected chi connectivity index (χ3v) is 21.1. The molecule has 0 bridgehead atoms. The number of hydrogen-bond acceptors (Lipinski definition) is 11. The van der Waals surface area contributed by atoms with Gasteiger partial charge in [-0.05, 0) is 162 Å². The number of allylic oxidation sites excluding steroid dienone is 1. The molecular formula is C56H107N3O11. The van der Waals surface area contributed by atoms with Crippen LogP contribution in [-0.4, -0.2) is 116 Å². The number of amides is 2. The summed E-state index contributed by atoms with van der Waals surface area (Å²) in [6.45, 7) is 28.3. The number of carboxylic acids is 1. The molecule has 7 rings (SSSR count). The molecule has 70 heavy (non-hydrogen) atoms. The van der Waals surface area contributed by atoms with E-state index in [2.05, 4.69) is 77.5 Å². The Morgan fingerprint density at radius 1 is 0.829 bits per heavy atom. The van der Waals surface area contributed by atoms with Gasteiger partial charge in [-0.15, -0.1) is 0 Å². The van der Waals surface area contributed by atoms with Crippen molar-refractivity contribution < 1.29 is 66.0 Å². The topological polar surface area (TPSA) is 226 Å². The van der Waals surface area contributed by atoms with Crippen LogP contribution in [0.1, 0.15) is 183 Å². The number of rotatable bonds is 14. The average molecular weight is 998 g/mol. The smallest absolute Gasteiger partial charge is 0.309 e. The zero-order valence-electron chi connectivity index (χ0n) is 44.3. The van der Waals surface area contributed by atoms with Gasteiger partial charge >= 0.3 is 11.9 Å². The van der Waals surface area contributed by atoms with Crippen molar-refractivity contribution in [1.82, 2.24) is 15.5 Å². The maximum absolute atomic E-state index is 15.1. The number of terminal acetylenes is 1. The number of aliphatic hydroxyl groups is 5. The Morgan fingerprint density at radius 2 is 1.49 bits per heavy atom. The normalized spacial score (nSPS) is 38.5. The molecular weight excluding hydrogens is 891 g/mol. The number of piperidine rings is 1. The predicted molar refractivity (Wildman–Crippen MR) is 284 cm³/mol. The number of aliphatic hydroxyl groups excluding tert-OH is 4. The first-order chi connectivity index (χ1) is 32.5. The molecule has 1 saturated heterocycles. The highest BCUT2D eigenvalue weighted by atomic mass is 16.5. The molecule has 6 saturated carbocycles. The van der Waals surface area contributed by atoms with Gasteiger partial charge in [-0.25, -0.2) is 0 Å². The van der Waals surface area contributed by atoms with Crippen LogP contribution in [-0.2, 0) is 23.9 Å². The van der Waals surface area contributed by atoms with Gasteiger partial charge in [-0.3, -0.25) is 19.2 Å². The summed E-state index contributed by atoms with van der Waals surface area (Å²) >= 11 is 0. The number of nitrogens with one attached hydrogen (secondary N) is 2. The van der Waals surface area contributed by atoms with Crippen LogP contribution < -0.4 is 10.6 Å². The van der Waals surface area contributed by atoms with Crippen LogP contribution in [0, 0.1) is 85.9 Å². The Kier molecular flexibility index (Phi) is 16.5. The summed E-state index contributed by atoms with van der Waals surface area (Å²) < 4.78 is 6.19. The molecule has 14 nitrogen and oxygen atoms in total. The van der Waals surface area contributed by atoms with Crippen molar-refractivity contribution in [1.29, 1.82) is 0 Å². The molecule has 3 unspecified atom stereocenters. The molecule has 14 heteroatoms. The Hall–Kier alpha value is -3.22. The molecule has 1 aliphatic heterocycles. The molecule has 0 aromatic heterocycles. The van der Waals surface area contributed by atoms with Crippen LogP contribution in [0.3, 0.4) is 0 Å². The van der Waals surface area contributed by atoms with Gasteiger partial charge in [0.15, 0.2) is 6.29 Å². The number of nitrogens with zero attached hydrogens (tertiary/aromatic N) is 1. The first-order valence-electron chi connectivity index (χ1n) is 26.7. The van der Waals surface area contributed by atoms with Crippen LogP contribution in [0.5, 0.6) is 0 Å². The van der Waals surface area contributed by atoms with E-state index < -0.39 is 53.8 Å². The summed E-state index contributed by atoms with van der Waals surface area (Å²) in [7, 11) is 0. The van der Waals surface area contributed by atoms with E-state index in [-0.39, 0.29) is 81.3 Å². The second-order valence-corrected chi connectivity index (χ2v) is 25.9. The Bertz CT molecular complexity index is 2030. The summed E-state index contributed by atoms with van der Waals surface area (Å²) in [6, 6.07) is 2.05. The van der Waals surface area contributed by atoms with Crippen molar-refractivity contribution in [2.45, 2.75) is 209 Å². The molecule has 7 aliphatic rings. The highest BCUT2D eigenvalue weighted by Gasteiger charge is 2.73. The van der Waals surface area contributed by atoms with Crippen LogP contribution in [0.2, 0.25) is 0 Å². The van der Waals surface area contributed by atoms with E-state index in [0.717, 1.165) is 96.6 Å². The minimum absolute atomic E-state index is 0. The lowest BCUT2D eigenvalue weighted by molar-refractivity contribution is -0.240. The Balaban J connectivity index is -0.00000227. The minimum atomic E-state index is -1.73. The number of likely N-dealkylation sites (tertiary alicyclic amines) is 1. The fourth-order valence-corrected chi connectivity index (χ4v) is 16.5. The van der Waals surface area contributed by atoms with Crippen molar-refractivity contribution in [3.8, 4) is 12.5 Å². The van der Waals surface area contributed by atoms with E-state index in [1.165, 1.54) is 12.0 Å². The number of ether oxygens (including phenoxy) is 1. The van der Waals surface area contributed by atoms with Crippen LogP contribution in [0.25, 0.3) is 0 Å². The molecule has 8 N–H and O–H groups in total. The zero-order valence-corrected chi connectivity index (χ0v) is 44.3. The highest BCUT2D eigenvalue weighted by Crippen LogP contribution is 2.78. The molecule has 0 aromatic rings. The second kappa shape index (κ2) is 20.6. The Labute approximate surface area is 430 Å². The number of esters is 1. The number of aliphatic carboxylic acids is 1. The average Bonchev–Trinajstić information content (AvgIpc) is 3.70. The van der Waals surface area contributed by atoms with Gasteiger partial charge in [0.25, 0.3) is 0 Å². The lowest BCUT2D eigenvalue weighted by Crippen LogP contribution is -2.69. The number of carbonyl (C=O) groups is 4. The van der Waals surface area contributed by atoms with Crippen molar-refractivity contribution in [3.05, 3.63) is 12.2 Å². The molecule has 412 valence electrons. The molecule has 0 radical (unpaired) electrons. The molecule has 6 aliphatic carbocycles. The summed E-state index contributed by atoms with van der Waals surface area (Å²) in [6.07, 6.45) is 12.6. The van der Waals surface area contributed by atoms with Gasteiger partial charge in [0.05, 0.1) is 29.9 Å². The molecule has 15 atom stereocenters. The lowest BCUT2D eigenvalue weighted by atomic mass is 9.33. The summed E-state index contributed by atoms with van der Waals surface area (Å²) in [5, 5.41) is 60.2. The molecule has 1 heterocycles. The molecule has 2 amide bonds. The number of carboxylic acid groups (broad SMARTS) is 1.